The summed E-state index contributed by atoms with van der Waals surface area (Å²) in [6.45, 7) is 2.54. The lowest BCUT2D eigenvalue weighted by Gasteiger charge is -2.30. The second-order valence-corrected chi connectivity index (χ2v) is 5.04. The van der Waals surface area contributed by atoms with Crippen LogP contribution in [0.2, 0.25) is 0 Å². The average Bonchev–Trinajstić information content (AvgIpc) is 2.97. The molecule has 3 N–H and O–H groups in total. The highest BCUT2D eigenvalue weighted by atomic mass is 19.1. The van der Waals surface area contributed by atoms with E-state index in [9.17, 15) is 4.39 Å². The molecule has 20 heavy (non-hydrogen) atoms. The quantitative estimate of drug-likeness (QED) is 0.879. The maximum atomic E-state index is 13.1. The first-order valence-corrected chi connectivity index (χ1v) is 6.74. The molecule has 2 aromatic rings. The zero-order valence-electron chi connectivity index (χ0n) is 11.1. The van der Waals surface area contributed by atoms with E-state index in [1.807, 2.05) is 0 Å². The number of pyridine rings is 1. The minimum Gasteiger partial charge on any atom is -0.340 e. The Kier molecular flexibility index (Phi) is 3.60. The lowest BCUT2D eigenvalue weighted by atomic mass is 9.97. The molecule has 0 atom stereocenters. The van der Waals surface area contributed by atoms with Gasteiger partial charge in [-0.2, -0.15) is 4.98 Å². The highest BCUT2D eigenvalue weighted by Gasteiger charge is 2.21. The van der Waals surface area contributed by atoms with Crippen molar-refractivity contribution >= 4 is 5.95 Å². The number of nitrogens with one attached hydrogen (secondary N) is 1. The zero-order chi connectivity index (χ0) is 13.9. The molecule has 1 aliphatic rings. The summed E-state index contributed by atoms with van der Waals surface area (Å²) in [5.41, 5.74) is 6.28. The molecule has 106 valence electrons. The van der Waals surface area contributed by atoms with Gasteiger partial charge in [-0.15, -0.1) is 5.10 Å². The van der Waals surface area contributed by atoms with Crippen LogP contribution in [0.1, 0.15) is 12.8 Å². The Morgan fingerprint density at radius 2 is 2.15 bits per heavy atom. The minimum absolute atomic E-state index is 0.385. The van der Waals surface area contributed by atoms with Crippen molar-refractivity contribution in [3.63, 3.8) is 0 Å². The molecular formula is C13H17FN6. The molecule has 3 heterocycles. The van der Waals surface area contributed by atoms with Crippen LogP contribution < -0.4 is 10.6 Å². The maximum Gasteiger partial charge on any atom is 0.245 e. The van der Waals surface area contributed by atoms with Crippen LogP contribution in [0.15, 0.2) is 18.5 Å². The van der Waals surface area contributed by atoms with E-state index < -0.39 is 0 Å². The van der Waals surface area contributed by atoms with Gasteiger partial charge in [0, 0.05) is 24.8 Å². The number of hydrogen-bond acceptors (Lipinski definition) is 5. The Hall–Kier alpha value is -2.02. The van der Waals surface area contributed by atoms with Crippen LogP contribution >= 0.6 is 0 Å². The number of rotatable bonds is 3. The van der Waals surface area contributed by atoms with Crippen LogP contribution in [0.5, 0.6) is 0 Å². The molecule has 1 aliphatic heterocycles. The van der Waals surface area contributed by atoms with E-state index in [1.165, 1.54) is 12.3 Å². The van der Waals surface area contributed by atoms with E-state index in [2.05, 4.69) is 25.1 Å². The third kappa shape index (κ3) is 2.62. The van der Waals surface area contributed by atoms with Crippen LogP contribution in [-0.2, 0) is 0 Å². The largest absolute Gasteiger partial charge is 0.340 e. The molecule has 0 spiro atoms. The van der Waals surface area contributed by atoms with E-state index in [4.69, 9.17) is 5.73 Å². The lowest BCUT2D eigenvalue weighted by Crippen LogP contribution is -2.36. The Labute approximate surface area is 116 Å². The Balaban J connectivity index is 1.74. The SMILES string of the molecule is NCC1CCN(c2n[nH]c(-c3cncc(F)c3)n2)CC1. The number of aromatic amines is 1. The van der Waals surface area contributed by atoms with Crippen LogP contribution in [0.25, 0.3) is 11.4 Å². The molecule has 0 aromatic carbocycles. The Morgan fingerprint density at radius 1 is 1.35 bits per heavy atom. The van der Waals surface area contributed by atoms with E-state index in [1.54, 1.807) is 6.20 Å². The number of nitrogens with zero attached hydrogens (tertiary/aromatic N) is 4. The molecule has 0 aliphatic carbocycles. The van der Waals surface area contributed by atoms with E-state index in [0.29, 0.717) is 23.3 Å². The first-order valence-electron chi connectivity index (χ1n) is 6.74. The topological polar surface area (TPSA) is 83.7 Å². The van der Waals surface area contributed by atoms with Gasteiger partial charge in [-0.25, -0.2) is 4.39 Å². The first-order chi connectivity index (χ1) is 9.76. The fourth-order valence-corrected chi connectivity index (χ4v) is 2.43. The van der Waals surface area contributed by atoms with Gasteiger partial charge in [0.1, 0.15) is 5.82 Å². The van der Waals surface area contributed by atoms with Crippen molar-refractivity contribution in [1.29, 1.82) is 0 Å². The van der Waals surface area contributed by atoms with Crippen molar-refractivity contribution in [3.05, 3.63) is 24.3 Å². The minimum atomic E-state index is -0.385. The predicted molar refractivity (Wildman–Crippen MR) is 73.6 cm³/mol. The molecule has 7 heteroatoms. The van der Waals surface area contributed by atoms with Crippen molar-refractivity contribution < 1.29 is 4.39 Å². The molecule has 0 unspecified atom stereocenters. The number of H-pyrrole nitrogens is 1. The molecule has 1 saturated heterocycles. The van der Waals surface area contributed by atoms with E-state index in [0.717, 1.165) is 32.5 Å². The number of aromatic nitrogens is 4. The molecule has 6 nitrogen and oxygen atoms in total. The number of anilines is 1. The smallest absolute Gasteiger partial charge is 0.245 e. The standard InChI is InChI=1S/C13H17FN6/c14-11-5-10(7-16-8-11)12-17-13(19-18-12)20-3-1-9(6-15)2-4-20/h5,7-9H,1-4,6,15H2,(H,17,18,19). The fourth-order valence-electron chi connectivity index (χ4n) is 2.43. The second-order valence-electron chi connectivity index (χ2n) is 5.04. The van der Waals surface area contributed by atoms with Gasteiger partial charge < -0.3 is 10.6 Å². The third-order valence-corrected chi connectivity index (χ3v) is 3.68. The summed E-state index contributed by atoms with van der Waals surface area (Å²) in [6, 6.07) is 1.39. The van der Waals surface area contributed by atoms with Crippen molar-refractivity contribution in [2.45, 2.75) is 12.8 Å². The van der Waals surface area contributed by atoms with Crippen LogP contribution in [0, 0.1) is 11.7 Å². The van der Waals surface area contributed by atoms with Gasteiger partial charge in [-0.3, -0.25) is 10.1 Å². The van der Waals surface area contributed by atoms with Crippen molar-refractivity contribution in [3.8, 4) is 11.4 Å². The van der Waals surface area contributed by atoms with Gasteiger partial charge in [0.05, 0.1) is 6.20 Å². The normalized spacial score (nSPS) is 16.6. The second kappa shape index (κ2) is 5.54. The molecule has 0 bridgehead atoms. The summed E-state index contributed by atoms with van der Waals surface area (Å²) in [5, 5.41) is 7.04. The third-order valence-electron chi connectivity index (χ3n) is 3.68. The lowest BCUT2D eigenvalue weighted by molar-refractivity contribution is 0.411. The van der Waals surface area contributed by atoms with Crippen molar-refractivity contribution in [2.24, 2.45) is 11.7 Å². The van der Waals surface area contributed by atoms with E-state index >= 15 is 0 Å². The number of hydrogen-bond donors (Lipinski definition) is 2. The Morgan fingerprint density at radius 3 is 2.85 bits per heavy atom. The summed E-state index contributed by atoms with van der Waals surface area (Å²) >= 11 is 0. The molecule has 0 radical (unpaired) electrons. The molecular weight excluding hydrogens is 259 g/mol. The predicted octanol–water partition coefficient (Wildman–Crippen LogP) is 1.18. The van der Waals surface area contributed by atoms with Crippen LogP contribution in [-0.4, -0.2) is 39.8 Å². The highest BCUT2D eigenvalue weighted by Crippen LogP contribution is 2.22. The fraction of sp³-hybridized carbons (Fsp3) is 0.462. The van der Waals surface area contributed by atoms with Crippen molar-refractivity contribution in [2.75, 3.05) is 24.5 Å². The number of halogens is 1. The first kappa shape index (κ1) is 13.0. The molecule has 1 fully saturated rings. The molecule has 3 rings (SSSR count). The summed E-state index contributed by atoms with van der Waals surface area (Å²) in [6.07, 6.45) is 4.84. The van der Waals surface area contributed by atoms with Crippen LogP contribution in [0.3, 0.4) is 0 Å². The summed E-state index contributed by atoms with van der Waals surface area (Å²) < 4.78 is 13.1. The van der Waals surface area contributed by atoms with Crippen LogP contribution in [0.4, 0.5) is 10.3 Å². The number of nitrogens with two attached hydrogens (primary N) is 1. The molecule has 0 saturated carbocycles. The van der Waals surface area contributed by atoms with Crippen molar-refractivity contribution in [1.82, 2.24) is 20.2 Å². The molecule has 2 aromatic heterocycles. The zero-order valence-corrected chi connectivity index (χ0v) is 11.1. The van der Waals surface area contributed by atoms with Gasteiger partial charge in [0.15, 0.2) is 5.82 Å². The monoisotopic (exact) mass is 276 g/mol. The summed E-state index contributed by atoms with van der Waals surface area (Å²) in [4.78, 5) is 10.4. The van der Waals surface area contributed by atoms with E-state index in [-0.39, 0.29) is 5.82 Å². The highest BCUT2D eigenvalue weighted by molar-refractivity contribution is 5.54. The maximum absolute atomic E-state index is 13.1. The summed E-state index contributed by atoms with van der Waals surface area (Å²) in [5.74, 6) is 1.40. The Bertz CT molecular complexity index is 576. The van der Waals surface area contributed by atoms with Gasteiger partial charge in [0.2, 0.25) is 5.95 Å². The molecule has 0 amide bonds. The van der Waals surface area contributed by atoms with Gasteiger partial charge in [-0.05, 0) is 31.4 Å². The van der Waals surface area contributed by atoms with Gasteiger partial charge in [-0.1, -0.05) is 0 Å². The number of piperidine rings is 1. The average molecular weight is 276 g/mol. The van der Waals surface area contributed by atoms with Gasteiger partial charge >= 0.3 is 0 Å². The van der Waals surface area contributed by atoms with Gasteiger partial charge in [0.25, 0.3) is 0 Å². The summed E-state index contributed by atoms with van der Waals surface area (Å²) in [7, 11) is 0.